The Labute approximate surface area is 155 Å². The van der Waals surface area contributed by atoms with Gasteiger partial charge >= 0.3 is 6.18 Å². The van der Waals surface area contributed by atoms with Crippen LogP contribution in [0.2, 0.25) is 0 Å². The Balaban J connectivity index is 1.91. The molecule has 0 aliphatic rings. The summed E-state index contributed by atoms with van der Waals surface area (Å²) in [6.45, 7) is 4.98. The number of ether oxygens (including phenoxy) is 1. The SMILES string of the molecule is CCNC(=NCc1ccc(OCC(F)(F)F)cc1)NCc1nncn1CC. The third-order valence-electron chi connectivity index (χ3n) is 3.54. The largest absolute Gasteiger partial charge is 0.484 e. The van der Waals surface area contributed by atoms with Crippen molar-refractivity contribution in [2.24, 2.45) is 4.99 Å². The zero-order valence-corrected chi connectivity index (χ0v) is 15.3. The first-order valence-corrected chi connectivity index (χ1v) is 8.58. The molecule has 2 aromatic rings. The van der Waals surface area contributed by atoms with Crippen LogP contribution < -0.4 is 15.4 Å². The molecule has 0 bridgehead atoms. The van der Waals surface area contributed by atoms with Gasteiger partial charge in [0.05, 0.1) is 13.1 Å². The van der Waals surface area contributed by atoms with Gasteiger partial charge in [-0.05, 0) is 31.5 Å². The molecule has 1 heterocycles. The highest BCUT2D eigenvalue weighted by atomic mass is 19.4. The highest BCUT2D eigenvalue weighted by Gasteiger charge is 2.28. The van der Waals surface area contributed by atoms with Gasteiger partial charge in [0.25, 0.3) is 0 Å². The first-order valence-electron chi connectivity index (χ1n) is 8.58. The van der Waals surface area contributed by atoms with Gasteiger partial charge in [-0.3, -0.25) is 0 Å². The number of rotatable bonds is 8. The normalized spacial score (nSPS) is 12.1. The van der Waals surface area contributed by atoms with Crippen molar-refractivity contribution in [3.8, 4) is 5.75 Å². The number of nitrogens with one attached hydrogen (secondary N) is 2. The molecule has 0 aliphatic carbocycles. The lowest BCUT2D eigenvalue weighted by atomic mass is 10.2. The number of aryl methyl sites for hydroxylation is 1. The van der Waals surface area contributed by atoms with Gasteiger partial charge in [0, 0.05) is 13.1 Å². The summed E-state index contributed by atoms with van der Waals surface area (Å²) in [5.41, 5.74) is 0.850. The van der Waals surface area contributed by atoms with Gasteiger partial charge in [-0.2, -0.15) is 13.2 Å². The van der Waals surface area contributed by atoms with E-state index in [1.54, 1.807) is 18.5 Å². The number of aromatic nitrogens is 3. The Morgan fingerprint density at radius 3 is 2.56 bits per heavy atom. The summed E-state index contributed by atoms with van der Waals surface area (Å²) in [6.07, 6.45) is -2.68. The number of nitrogens with zero attached hydrogens (tertiary/aromatic N) is 4. The lowest BCUT2D eigenvalue weighted by Gasteiger charge is -2.12. The van der Waals surface area contributed by atoms with E-state index in [9.17, 15) is 13.2 Å². The molecule has 0 saturated heterocycles. The number of guanidine groups is 1. The lowest BCUT2D eigenvalue weighted by molar-refractivity contribution is -0.153. The molecule has 10 heteroatoms. The van der Waals surface area contributed by atoms with Crippen LogP contribution in [0.4, 0.5) is 13.2 Å². The molecular weight excluding hydrogens is 361 g/mol. The zero-order valence-electron chi connectivity index (χ0n) is 15.3. The van der Waals surface area contributed by atoms with Crippen LogP contribution in [0.15, 0.2) is 35.6 Å². The summed E-state index contributed by atoms with van der Waals surface area (Å²) < 4.78 is 43.1. The van der Waals surface area contributed by atoms with Crippen molar-refractivity contribution >= 4 is 5.96 Å². The van der Waals surface area contributed by atoms with Crippen LogP contribution in [0.25, 0.3) is 0 Å². The van der Waals surface area contributed by atoms with Crippen LogP contribution in [-0.2, 0) is 19.6 Å². The minimum absolute atomic E-state index is 0.170. The highest BCUT2D eigenvalue weighted by molar-refractivity contribution is 5.79. The first-order chi connectivity index (χ1) is 12.9. The monoisotopic (exact) mass is 384 g/mol. The molecule has 0 unspecified atom stereocenters. The molecule has 0 aliphatic heterocycles. The predicted molar refractivity (Wildman–Crippen MR) is 95.3 cm³/mol. The van der Waals surface area contributed by atoms with Crippen molar-refractivity contribution in [2.45, 2.75) is 39.7 Å². The summed E-state index contributed by atoms with van der Waals surface area (Å²) in [7, 11) is 0. The number of aliphatic imine (C=N–C) groups is 1. The molecule has 0 atom stereocenters. The maximum Gasteiger partial charge on any atom is 0.422 e. The van der Waals surface area contributed by atoms with Gasteiger partial charge in [-0.1, -0.05) is 12.1 Å². The molecule has 0 amide bonds. The van der Waals surface area contributed by atoms with Crippen LogP contribution in [0.3, 0.4) is 0 Å². The average Bonchev–Trinajstić information content (AvgIpc) is 3.10. The van der Waals surface area contributed by atoms with Gasteiger partial charge in [0.15, 0.2) is 18.4 Å². The smallest absolute Gasteiger partial charge is 0.422 e. The van der Waals surface area contributed by atoms with Gasteiger partial charge < -0.3 is 19.9 Å². The molecular formula is C17H23F3N6O. The molecule has 7 nitrogen and oxygen atoms in total. The molecule has 27 heavy (non-hydrogen) atoms. The number of halogens is 3. The van der Waals surface area contributed by atoms with Crippen molar-refractivity contribution in [1.82, 2.24) is 25.4 Å². The Kier molecular flexibility index (Phi) is 7.44. The van der Waals surface area contributed by atoms with E-state index < -0.39 is 12.8 Å². The standard InChI is InChI=1S/C17H23F3N6O/c1-3-21-16(23-10-15-25-24-12-26(15)4-2)22-9-13-5-7-14(8-6-13)27-11-17(18,19)20/h5-8,12H,3-4,9-11H2,1-2H3,(H2,21,22,23). The molecule has 0 saturated carbocycles. The third kappa shape index (κ3) is 7.16. The van der Waals surface area contributed by atoms with Crippen molar-refractivity contribution in [2.75, 3.05) is 13.2 Å². The van der Waals surface area contributed by atoms with E-state index in [4.69, 9.17) is 4.74 Å². The fourth-order valence-corrected chi connectivity index (χ4v) is 2.21. The summed E-state index contributed by atoms with van der Waals surface area (Å²) in [6, 6.07) is 6.38. The van der Waals surface area contributed by atoms with Crippen LogP contribution in [0.5, 0.6) is 5.75 Å². The van der Waals surface area contributed by atoms with Gasteiger partial charge in [-0.15, -0.1) is 10.2 Å². The zero-order chi connectivity index (χ0) is 19.7. The third-order valence-corrected chi connectivity index (χ3v) is 3.54. The topological polar surface area (TPSA) is 76.4 Å². The second-order valence-electron chi connectivity index (χ2n) is 5.63. The van der Waals surface area contributed by atoms with E-state index in [0.717, 1.165) is 17.9 Å². The minimum Gasteiger partial charge on any atom is -0.484 e. The summed E-state index contributed by atoms with van der Waals surface area (Å²) in [4.78, 5) is 4.47. The Morgan fingerprint density at radius 2 is 1.93 bits per heavy atom. The molecule has 1 aromatic carbocycles. The minimum atomic E-state index is -4.35. The van der Waals surface area contributed by atoms with E-state index in [1.807, 2.05) is 18.4 Å². The fourth-order valence-electron chi connectivity index (χ4n) is 2.21. The number of hydrogen-bond donors (Lipinski definition) is 2. The number of hydrogen-bond acceptors (Lipinski definition) is 4. The van der Waals surface area contributed by atoms with Crippen LogP contribution >= 0.6 is 0 Å². The van der Waals surface area contributed by atoms with E-state index in [2.05, 4.69) is 25.8 Å². The van der Waals surface area contributed by atoms with Gasteiger partial charge in [0.1, 0.15) is 12.1 Å². The lowest BCUT2D eigenvalue weighted by Crippen LogP contribution is -2.37. The quantitative estimate of drug-likeness (QED) is 0.540. The average molecular weight is 384 g/mol. The van der Waals surface area contributed by atoms with Gasteiger partial charge in [0.2, 0.25) is 0 Å². The van der Waals surface area contributed by atoms with Crippen LogP contribution in [-0.4, -0.2) is 40.1 Å². The van der Waals surface area contributed by atoms with Crippen molar-refractivity contribution in [1.29, 1.82) is 0 Å². The maximum atomic E-state index is 12.2. The molecule has 0 spiro atoms. The molecule has 2 rings (SSSR count). The molecule has 2 N–H and O–H groups in total. The van der Waals surface area contributed by atoms with Crippen LogP contribution in [0.1, 0.15) is 25.2 Å². The molecule has 0 fully saturated rings. The van der Waals surface area contributed by atoms with E-state index >= 15 is 0 Å². The second kappa shape index (κ2) is 9.79. The Hall–Kier alpha value is -2.78. The molecule has 1 aromatic heterocycles. The molecule has 148 valence electrons. The number of alkyl halides is 3. The number of benzene rings is 1. The Morgan fingerprint density at radius 1 is 1.19 bits per heavy atom. The molecule has 0 radical (unpaired) electrons. The summed E-state index contributed by atoms with van der Waals surface area (Å²) in [5, 5.41) is 14.2. The van der Waals surface area contributed by atoms with E-state index in [-0.39, 0.29) is 5.75 Å². The van der Waals surface area contributed by atoms with Crippen molar-refractivity contribution in [3.05, 3.63) is 42.0 Å². The van der Waals surface area contributed by atoms with E-state index in [1.165, 1.54) is 12.1 Å². The predicted octanol–water partition coefficient (Wildman–Crippen LogP) is 2.49. The van der Waals surface area contributed by atoms with E-state index in [0.29, 0.717) is 25.6 Å². The Bertz CT molecular complexity index is 727. The van der Waals surface area contributed by atoms with Crippen LogP contribution in [0, 0.1) is 0 Å². The van der Waals surface area contributed by atoms with Gasteiger partial charge in [-0.25, -0.2) is 4.99 Å². The van der Waals surface area contributed by atoms with Crippen molar-refractivity contribution < 1.29 is 17.9 Å². The first kappa shape index (κ1) is 20.5. The summed E-state index contributed by atoms with van der Waals surface area (Å²) in [5.74, 6) is 1.58. The fraction of sp³-hybridized carbons (Fsp3) is 0.471. The second-order valence-corrected chi connectivity index (χ2v) is 5.63. The summed E-state index contributed by atoms with van der Waals surface area (Å²) >= 11 is 0. The van der Waals surface area contributed by atoms with Crippen molar-refractivity contribution in [3.63, 3.8) is 0 Å². The highest BCUT2D eigenvalue weighted by Crippen LogP contribution is 2.19. The maximum absolute atomic E-state index is 12.2.